The molecule has 1 aliphatic heterocycles. The molecular formula is C19H14N2O5. The van der Waals surface area contributed by atoms with Gasteiger partial charge in [0.1, 0.15) is 5.41 Å². The molecule has 1 fully saturated rings. The van der Waals surface area contributed by atoms with E-state index in [1.54, 1.807) is 43.3 Å². The zero-order chi connectivity index (χ0) is 18.5. The summed E-state index contributed by atoms with van der Waals surface area (Å²) < 4.78 is 0. The van der Waals surface area contributed by atoms with Gasteiger partial charge in [0.25, 0.3) is 5.69 Å². The van der Waals surface area contributed by atoms with Crippen molar-refractivity contribution in [2.45, 2.75) is 12.8 Å². The van der Waals surface area contributed by atoms with Crippen LogP contribution in [0.4, 0.5) is 5.69 Å². The molecule has 0 saturated heterocycles. The predicted molar refractivity (Wildman–Crippen MR) is 91.7 cm³/mol. The van der Waals surface area contributed by atoms with Gasteiger partial charge in [-0.05, 0) is 12.5 Å². The van der Waals surface area contributed by atoms with Crippen LogP contribution in [0.5, 0.6) is 0 Å². The normalized spacial score (nSPS) is 26.3. The number of rotatable bonds is 4. The second kappa shape index (κ2) is 5.59. The molecule has 7 nitrogen and oxygen atoms in total. The summed E-state index contributed by atoms with van der Waals surface area (Å²) in [5, 5.41) is 14.7. The van der Waals surface area contributed by atoms with Crippen molar-refractivity contribution in [1.29, 1.82) is 0 Å². The standard InChI is InChI=1S/C19H14N2O5/c1-11-19(18(23)26-20-11)15(12-7-9-14(10-8-12)21(24)25)16(19)17(22)13-5-3-2-4-6-13/h2-10,15-16H,1H3/t15-,16-,19-/m0/s1. The van der Waals surface area contributed by atoms with E-state index >= 15 is 0 Å². The van der Waals surface area contributed by atoms with Gasteiger partial charge in [-0.15, -0.1) is 0 Å². The number of nitro benzene ring substituents is 1. The number of carbonyl (C=O) groups excluding carboxylic acids is 2. The Morgan fingerprint density at radius 2 is 1.81 bits per heavy atom. The van der Waals surface area contributed by atoms with Crippen molar-refractivity contribution in [3.8, 4) is 0 Å². The molecule has 1 saturated carbocycles. The van der Waals surface area contributed by atoms with Crippen LogP contribution in [0.1, 0.15) is 28.8 Å². The van der Waals surface area contributed by atoms with Crippen LogP contribution >= 0.6 is 0 Å². The molecule has 3 atom stereocenters. The number of hydrogen-bond donors (Lipinski definition) is 0. The Morgan fingerprint density at radius 3 is 2.35 bits per heavy atom. The molecule has 0 amide bonds. The molecule has 2 aromatic carbocycles. The maximum absolute atomic E-state index is 13.0. The van der Waals surface area contributed by atoms with Crippen LogP contribution in [-0.4, -0.2) is 22.4 Å². The van der Waals surface area contributed by atoms with E-state index in [0.717, 1.165) is 0 Å². The molecule has 0 bridgehead atoms. The number of ketones is 1. The maximum atomic E-state index is 13.0. The molecule has 0 N–H and O–H groups in total. The second-order valence-electron chi connectivity index (χ2n) is 6.46. The molecule has 7 heteroatoms. The fourth-order valence-corrected chi connectivity index (χ4v) is 3.90. The van der Waals surface area contributed by atoms with Crippen molar-refractivity contribution in [2.24, 2.45) is 16.5 Å². The first-order valence-electron chi connectivity index (χ1n) is 8.08. The van der Waals surface area contributed by atoms with E-state index in [0.29, 0.717) is 16.8 Å². The highest BCUT2D eigenvalue weighted by molar-refractivity contribution is 6.20. The van der Waals surface area contributed by atoms with Gasteiger partial charge in [-0.2, -0.15) is 0 Å². The molecule has 2 aliphatic rings. The molecule has 130 valence electrons. The lowest BCUT2D eigenvalue weighted by atomic mass is 9.93. The van der Waals surface area contributed by atoms with Crippen molar-refractivity contribution in [3.63, 3.8) is 0 Å². The molecule has 1 spiro atoms. The van der Waals surface area contributed by atoms with Gasteiger partial charge >= 0.3 is 5.97 Å². The Kier molecular flexibility index (Phi) is 3.47. The van der Waals surface area contributed by atoms with Crippen molar-refractivity contribution < 1.29 is 19.3 Å². The summed E-state index contributed by atoms with van der Waals surface area (Å²) in [6.07, 6.45) is 0. The highest BCUT2D eigenvalue weighted by Crippen LogP contribution is 2.68. The molecule has 0 aromatic heterocycles. The Labute approximate surface area is 148 Å². The number of oxime groups is 1. The summed E-state index contributed by atoms with van der Waals surface area (Å²) in [7, 11) is 0. The third-order valence-electron chi connectivity index (χ3n) is 5.21. The largest absolute Gasteiger partial charge is 0.348 e. The van der Waals surface area contributed by atoms with Crippen molar-refractivity contribution in [2.75, 3.05) is 0 Å². The number of carbonyl (C=O) groups is 2. The summed E-state index contributed by atoms with van der Waals surface area (Å²) in [4.78, 5) is 40.8. The van der Waals surface area contributed by atoms with Crippen molar-refractivity contribution in [1.82, 2.24) is 0 Å². The van der Waals surface area contributed by atoms with Gasteiger partial charge in [-0.25, -0.2) is 4.79 Å². The van der Waals surface area contributed by atoms with Crippen LogP contribution in [0, 0.1) is 21.4 Å². The van der Waals surface area contributed by atoms with Gasteiger partial charge in [-0.1, -0.05) is 47.6 Å². The number of nitro groups is 1. The first-order valence-corrected chi connectivity index (χ1v) is 8.08. The van der Waals surface area contributed by atoms with E-state index < -0.39 is 28.1 Å². The third kappa shape index (κ3) is 2.10. The molecule has 0 radical (unpaired) electrons. The summed E-state index contributed by atoms with van der Waals surface area (Å²) >= 11 is 0. The molecule has 1 aliphatic carbocycles. The zero-order valence-electron chi connectivity index (χ0n) is 13.8. The van der Waals surface area contributed by atoms with Gasteiger partial charge in [0.2, 0.25) is 0 Å². The van der Waals surface area contributed by atoms with Gasteiger partial charge < -0.3 is 4.84 Å². The Balaban J connectivity index is 1.76. The summed E-state index contributed by atoms with van der Waals surface area (Å²) in [6.45, 7) is 1.67. The highest BCUT2D eigenvalue weighted by Gasteiger charge is 2.77. The van der Waals surface area contributed by atoms with Crippen molar-refractivity contribution >= 4 is 23.2 Å². The SMILES string of the molecule is CC1=NOC(=O)[C@@]12[C@H](C(=O)c1ccccc1)[C@@H]2c1ccc([N+](=O)[O-])cc1. The first kappa shape index (κ1) is 16.1. The Morgan fingerprint density at radius 1 is 1.15 bits per heavy atom. The topological polar surface area (TPSA) is 98.9 Å². The zero-order valence-corrected chi connectivity index (χ0v) is 13.8. The van der Waals surface area contributed by atoms with Crippen LogP contribution in [0.3, 0.4) is 0 Å². The Hall–Kier alpha value is -3.35. The molecule has 1 heterocycles. The van der Waals surface area contributed by atoms with Gasteiger partial charge in [0, 0.05) is 23.6 Å². The third-order valence-corrected chi connectivity index (χ3v) is 5.21. The number of benzene rings is 2. The van der Waals surface area contributed by atoms with E-state index in [9.17, 15) is 19.7 Å². The summed E-state index contributed by atoms with van der Waals surface area (Å²) in [5.41, 5.74) is 0.476. The number of nitrogens with zero attached hydrogens (tertiary/aromatic N) is 2. The van der Waals surface area contributed by atoms with E-state index in [2.05, 4.69) is 5.16 Å². The van der Waals surface area contributed by atoms with Crippen molar-refractivity contribution in [3.05, 3.63) is 75.8 Å². The van der Waals surface area contributed by atoms with E-state index in [1.807, 2.05) is 6.07 Å². The lowest BCUT2D eigenvalue weighted by molar-refractivity contribution is -0.384. The minimum absolute atomic E-state index is 0.0474. The minimum Gasteiger partial charge on any atom is -0.317 e. The molecule has 2 aromatic rings. The van der Waals surface area contributed by atoms with Crippen LogP contribution in [0.25, 0.3) is 0 Å². The number of Topliss-reactive ketones (excluding diaryl/α,β-unsaturated/α-hetero) is 1. The second-order valence-corrected chi connectivity index (χ2v) is 6.46. The molecule has 4 rings (SSSR count). The molecule has 0 unspecified atom stereocenters. The van der Waals surface area contributed by atoms with E-state index in [1.165, 1.54) is 12.1 Å². The van der Waals surface area contributed by atoms with E-state index in [-0.39, 0.29) is 11.5 Å². The highest BCUT2D eigenvalue weighted by atomic mass is 16.7. The van der Waals surface area contributed by atoms with Gasteiger partial charge in [-0.3, -0.25) is 14.9 Å². The van der Waals surface area contributed by atoms with Gasteiger partial charge in [0.05, 0.1) is 16.6 Å². The fraction of sp³-hybridized carbons (Fsp3) is 0.211. The maximum Gasteiger partial charge on any atom is 0.348 e. The molecule has 26 heavy (non-hydrogen) atoms. The average molecular weight is 350 g/mol. The smallest absolute Gasteiger partial charge is 0.317 e. The molecular weight excluding hydrogens is 336 g/mol. The summed E-state index contributed by atoms with van der Waals surface area (Å²) in [6, 6.07) is 14.7. The number of hydrogen-bond acceptors (Lipinski definition) is 6. The first-order chi connectivity index (χ1) is 12.5. The van der Waals surface area contributed by atoms with Crippen LogP contribution in [0.2, 0.25) is 0 Å². The lowest BCUT2D eigenvalue weighted by Gasteiger charge is -2.05. The Bertz CT molecular complexity index is 952. The van der Waals surface area contributed by atoms with Crippen LogP contribution in [-0.2, 0) is 9.63 Å². The van der Waals surface area contributed by atoms with Crippen LogP contribution in [0.15, 0.2) is 59.8 Å². The minimum atomic E-state index is -1.12. The quantitative estimate of drug-likeness (QED) is 0.365. The fourth-order valence-electron chi connectivity index (χ4n) is 3.90. The summed E-state index contributed by atoms with van der Waals surface area (Å²) in [5.74, 6) is -1.80. The average Bonchev–Trinajstić information content (AvgIpc) is 3.29. The van der Waals surface area contributed by atoms with Gasteiger partial charge in [0.15, 0.2) is 5.78 Å². The van der Waals surface area contributed by atoms with E-state index in [4.69, 9.17) is 4.84 Å². The van der Waals surface area contributed by atoms with Crippen LogP contribution < -0.4 is 0 Å². The monoisotopic (exact) mass is 350 g/mol. The number of non-ortho nitro benzene ring substituents is 1. The lowest BCUT2D eigenvalue weighted by Crippen LogP contribution is -2.24. The predicted octanol–water partition coefficient (Wildman–Crippen LogP) is 3.11.